The summed E-state index contributed by atoms with van der Waals surface area (Å²) in [5.41, 5.74) is 0.414. The van der Waals surface area contributed by atoms with Crippen LogP contribution < -0.4 is 15.4 Å². The second-order valence-corrected chi connectivity index (χ2v) is 6.09. The first kappa shape index (κ1) is 17.0. The van der Waals surface area contributed by atoms with Gasteiger partial charge in [0.05, 0.1) is 0 Å². The maximum Gasteiger partial charge on any atom is 0.408 e. The number of rotatable bonds is 3. The molecule has 0 unspecified atom stereocenters. The van der Waals surface area contributed by atoms with E-state index in [4.69, 9.17) is 4.74 Å². The summed E-state index contributed by atoms with van der Waals surface area (Å²) < 4.78 is 33.8. The Balaban J connectivity index is 2.06. The van der Waals surface area contributed by atoms with Crippen molar-refractivity contribution in [3.8, 4) is 5.75 Å². The highest BCUT2D eigenvalue weighted by Gasteiger charge is 2.29. The first-order valence-electron chi connectivity index (χ1n) is 7.02. The highest BCUT2D eigenvalue weighted by molar-refractivity contribution is 5.99. The second-order valence-electron chi connectivity index (χ2n) is 6.09. The minimum absolute atomic E-state index is 0.0439. The smallest absolute Gasteiger partial charge is 0.408 e. The van der Waals surface area contributed by atoms with E-state index in [1.807, 2.05) is 0 Å². The van der Waals surface area contributed by atoms with E-state index in [0.717, 1.165) is 0 Å². The van der Waals surface area contributed by atoms with Crippen LogP contribution in [0.3, 0.4) is 0 Å². The summed E-state index contributed by atoms with van der Waals surface area (Å²) >= 11 is 0. The maximum absolute atomic E-state index is 12.2. The maximum atomic E-state index is 12.2. The minimum atomic E-state index is -2.94. The standard InChI is InChI=1S/C15H18F2N2O4/c1-15(2,3)23-14(21)19-11-6-8-4-5-9(22-13(16)17)7-10(8)18-12(11)20/h4-5,7,11,13H,6H2,1-3H3,(H,18,20)(H,19,21)/t11-/m1/s1. The van der Waals surface area contributed by atoms with Gasteiger partial charge in [0.2, 0.25) is 5.91 Å². The number of anilines is 1. The Morgan fingerprint density at radius 1 is 1.39 bits per heavy atom. The average molecular weight is 328 g/mol. The van der Waals surface area contributed by atoms with Crippen LogP contribution in [0.4, 0.5) is 19.3 Å². The third kappa shape index (κ3) is 4.80. The van der Waals surface area contributed by atoms with Gasteiger partial charge in [-0.3, -0.25) is 4.79 Å². The van der Waals surface area contributed by atoms with Crippen LogP contribution in [0.5, 0.6) is 5.75 Å². The molecule has 1 aliphatic heterocycles. The molecular weight excluding hydrogens is 310 g/mol. The molecule has 0 fully saturated rings. The molecule has 23 heavy (non-hydrogen) atoms. The van der Waals surface area contributed by atoms with Crippen LogP contribution in [0.2, 0.25) is 0 Å². The van der Waals surface area contributed by atoms with E-state index in [0.29, 0.717) is 11.3 Å². The van der Waals surface area contributed by atoms with Crippen LogP contribution >= 0.6 is 0 Å². The summed E-state index contributed by atoms with van der Waals surface area (Å²) in [6.07, 6.45) is -0.464. The monoisotopic (exact) mass is 328 g/mol. The van der Waals surface area contributed by atoms with E-state index in [2.05, 4.69) is 15.4 Å². The van der Waals surface area contributed by atoms with Gasteiger partial charge in [-0.25, -0.2) is 4.79 Å². The molecule has 0 saturated heterocycles. The largest absolute Gasteiger partial charge is 0.444 e. The predicted octanol–water partition coefficient (Wildman–Crippen LogP) is 2.68. The number of carbonyl (C=O) groups excluding carboxylic acids is 2. The fourth-order valence-corrected chi connectivity index (χ4v) is 2.12. The van der Waals surface area contributed by atoms with Crippen molar-refractivity contribution in [1.29, 1.82) is 0 Å². The van der Waals surface area contributed by atoms with Crippen LogP contribution in [-0.2, 0) is 16.0 Å². The summed E-state index contributed by atoms with van der Waals surface area (Å²) in [4.78, 5) is 23.8. The molecule has 2 amide bonds. The Kier molecular flexibility index (Phi) is 4.72. The van der Waals surface area contributed by atoms with E-state index in [1.54, 1.807) is 26.8 Å². The molecule has 8 heteroatoms. The van der Waals surface area contributed by atoms with Gasteiger partial charge < -0.3 is 20.1 Å². The Labute approximate surface area is 132 Å². The van der Waals surface area contributed by atoms with E-state index in [1.165, 1.54) is 12.1 Å². The van der Waals surface area contributed by atoms with E-state index >= 15 is 0 Å². The number of halogens is 2. The Morgan fingerprint density at radius 2 is 2.09 bits per heavy atom. The van der Waals surface area contributed by atoms with Crippen molar-refractivity contribution in [2.45, 2.75) is 45.4 Å². The van der Waals surface area contributed by atoms with Gasteiger partial charge in [-0.1, -0.05) is 6.07 Å². The zero-order valence-corrected chi connectivity index (χ0v) is 13.0. The van der Waals surface area contributed by atoms with Gasteiger partial charge in [-0.15, -0.1) is 0 Å². The number of amides is 2. The van der Waals surface area contributed by atoms with E-state index in [9.17, 15) is 18.4 Å². The summed E-state index contributed by atoms with van der Waals surface area (Å²) in [6.45, 7) is 2.21. The molecule has 6 nitrogen and oxygen atoms in total. The lowest BCUT2D eigenvalue weighted by molar-refractivity contribution is -0.118. The summed E-state index contributed by atoms with van der Waals surface area (Å²) in [6, 6.07) is 3.48. The normalized spacial score (nSPS) is 17.3. The van der Waals surface area contributed by atoms with Gasteiger partial charge in [-0.2, -0.15) is 8.78 Å². The van der Waals surface area contributed by atoms with Crippen LogP contribution in [0.1, 0.15) is 26.3 Å². The zero-order valence-electron chi connectivity index (χ0n) is 13.0. The van der Waals surface area contributed by atoms with Crippen LogP contribution in [0, 0.1) is 0 Å². The third-order valence-electron chi connectivity index (χ3n) is 3.00. The first-order valence-corrected chi connectivity index (χ1v) is 7.02. The summed E-state index contributed by atoms with van der Waals surface area (Å²) in [5, 5.41) is 5.05. The molecule has 1 heterocycles. The SMILES string of the molecule is CC(C)(C)OC(=O)N[C@@H]1Cc2ccc(OC(F)F)cc2NC1=O. The lowest BCUT2D eigenvalue weighted by Crippen LogP contribution is -2.49. The molecule has 2 N–H and O–H groups in total. The molecule has 0 aliphatic carbocycles. The Hall–Kier alpha value is -2.38. The highest BCUT2D eigenvalue weighted by atomic mass is 19.3. The van der Waals surface area contributed by atoms with E-state index < -0.39 is 30.3 Å². The molecular formula is C15H18F2N2O4. The predicted molar refractivity (Wildman–Crippen MR) is 78.6 cm³/mol. The number of hydrogen-bond acceptors (Lipinski definition) is 4. The van der Waals surface area contributed by atoms with Crippen molar-refractivity contribution in [2.24, 2.45) is 0 Å². The number of ether oxygens (including phenoxy) is 2. The molecule has 1 aromatic rings. The number of alkyl halides is 2. The van der Waals surface area contributed by atoms with Crippen molar-refractivity contribution >= 4 is 17.7 Å². The van der Waals surface area contributed by atoms with Crippen molar-refractivity contribution in [2.75, 3.05) is 5.32 Å². The van der Waals surface area contributed by atoms with Gasteiger partial charge in [0, 0.05) is 18.2 Å². The number of hydrogen-bond donors (Lipinski definition) is 2. The summed E-state index contributed by atoms with van der Waals surface area (Å²) in [7, 11) is 0. The number of carbonyl (C=O) groups is 2. The molecule has 1 aliphatic rings. The summed E-state index contributed by atoms with van der Waals surface area (Å²) in [5.74, 6) is -0.491. The highest BCUT2D eigenvalue weighted by Crippen LogP contribution is 2.28. The Morgan fingerprint density at radius 3 is 2.70 bits per heavy atom. The van der Waals surface area contributed by atoms with Gasteiger partial charge in [-0.05, 0) is 32.4 Å². The van der Waals surface area contributed by atoms with Crippen molar-refractivity contribution < 1.29 is 27.8 Å². The van der Waals surface area contributed by atoms with Gasteiger partial charge >= 0.3 is 12.7 Å². The molecule has 126 valence electrons. The van der Waals surface area contributed by atoms with Crippen molar-refractivity contribution in [1.82, 2.24) is 5.32 Å². The minimum Gasteiger partial charge on any atom is -0.444 e. The molecule has 1 aromatic carbocycles. The van der Waals surface area contributed by atoms with E-state index in [-0.39, 0.29) is 12.2 Å². The lowest BCUT2D eigenvalue weighted by Gasteiger charge is -2.27. The van der Waals surface area contributed by atoms with Crippen molar-refractivity contribution in [3.05, 3.63) is 23.8 Å². The molecule has 0 bridgehead atoms. The number of fused-ring (bicyclic) bond motifs is 1. The van der Waals surface area contributed by atoms with Gasteiger partial charge in [0.25, 0.3) is 0 Å². The number of nitrogens with one attached hydrogen (secondary N) is 2. The van der Waals surface area contributed by atoms with Crippen LogP contribution in [0.15, 0.2) is 18.2 Å². The molecule has 0 radical (unpaired) electrons. The number of alkyl carbamates (subject to hydrolysis) is 1. The molecule has 1 atom stereocenters. The topological polar surface area (TPSA) is 76.7 Å². The lowest BCUT2D eigenvalue weighted by atomic mass is 9.99. The zero-order chi connectivity index (χ0) is 17.2. The average Bonchev–Trinajstić information content (AvgIpc) is 2.37. The molecule has 0 aromatic heterocycles. The molecule has 0 spiro atoms. The fourth-order valence-electron chi connectivity index (χ4n) is 2.12. The molecule has 0 saturated carbocycles. The van der Waals surface area contributed by atoms with Gasteiger partial charge in [0.15, 0.2) is 0 Å². The quantitative estimate of drug-likeness (QED) is 0.894. The third-order valence-corrected chi connectivity index (χ3v) is 3.00. The Bertz CT molecular complexity index is 614. The van der Waals surface area contributed by atoms with Gasteiger partial charge in [0.1, 0.15) is 17.4 Å². The van der Waals surface area contributed by atoms with Crippen LogP contribution in [-0.4, -0.2) is 30.3 Å². The second kappa shape index (κ2) is 6.39. The van der Waals surface area contributed by atoms with Crippen LogP contribution in [0.25, 0.3) is 0 Å². The fraction of sp³-hybridized carbons (Fsp3) is 0.467. The first-order chi connectivity index (χ1) is 10.6. The number of benzene rings is 1. The molecule has 2 rings (SSSR count). The van der Waals surface area contributed by atoms with Crippen molar-refractivity contribution in [3.63, 3.8) is 0 Å².